The average molecular weight is 185 g/mol. The van der Waals surface area contributed by atoms with Crippen molar-refractivity contribution in [2.45, 2.75) is 18.7 Å². The summed E-state index contributed by atoms with van der Waals surface area (Å²) in [5, 5.41) is 8.56. The van der Waals surface area contributed by atoms with Gasteiger partial charge in [0.2, 0.25) is 0 Å². The minimum Gasteiger partial charge on any atom is -0.395 e. The van der Waals surface area contributed by atoms with Gasteiger partial charge in [-0.3, -0.25) is 0 Å². The highest BCUT2D eigenvalue weighted by atomic mass is 35.5. The maximum Gasteiger partial charge on any atom is 0.0607 e. The summed E-state index contributed by atoms with van der Waals surface area (Å²) in [6.07, 6.45) is 0.734. The Morgan fingerprint density at radius 1 is 1.33 bits per heavy atom. The molecule has 0 aromatic heterocycles. The molecule has 1 aromatic carbocycles. The zero-order chi connectivity index (χ0) is 8.97. The molecule has 0 radical (unpaired) electrons. The molecule has 0 aliphatic rings. The number of hydrogen-bond donors (Lipinski definition) is 1. The Morgan fingerprint density at radius 3 is 2.42 bits per heavy atom. The predicted octanol–water partition coefficient (Wildman–Crippen LogP) is 2.14. The maximum absolute atomic E-state index is 8.72. The van der Waals surface area contributed by atoms with E-state index >= 15 is 0 Å². The van der Waals surface area contributed by atoms with E-state index in [0.29, 0.717) is 0 Å². The number of aliphatic hydroxyl groups is 1. The van der Waals surface area contributed by atoms with E-state index in [1.54, 1.807) is 0 Å². The fourth-order valence-electron chi connectivity index (χ4n) is 1.04. The molecule has 0 saturated carbocycles. The summed E-state index contributed by atoms with van der Waals surface area (Å²) < 4.78 is 0. The summed E-state index contributed by atoms with van der Waals surface area (Å²) in [6, 6.07) is 8.19. The second-order valence-corrected chi connectivity index (χ2v) is 3.59. The smallest absolute Gasteiger partial charge is 0.0607 e. The molecule has 0 bridgehead atoms. The quantitative estimate of drug-likeness (QED) is 0.714. The number of benzene rings is 1. The number of halogens is 1. The second-order valence-electron chi connectivity index (χ2n) is 2.97. The highest BCUT2D eigenvalue weighted by Crippen LogP contribution is 2.08. The number of alkyl halides is 1. The van der Waals surface area contributed by atoms with E-state index in [1.807, 2.05) is 19.1 Å². The lowest BCUT2D eigenvalue weighted by Gasteiger charge is -2.05. The lowest BCUT2D eigenvalue weighted by atomic mass is 10.1. The van der Waals surface area contributed by atoms with Gasteiger partial charge in [-0.1, -0.05) is 29.8 Å². The van der Waals surface area contributed by atoms with Crippen LogP contribution in [0.25, 0.3) is 0 Å². The van der Waals surface area contributed by atoms with E-state index in [4.69, 9.17) is 16.7 Å². The third kappa shape index (κ3) is 2.84. The van der Waals surface area contributed by atoms with Crippen LogP contribution in [0.3, 0.4) is 0 Å². The summed E-state index contributed by atoms with van der Waals surface area (Å²) in [6.45, 7) is 2.09. The molecular weight excluding hydrogens is 172 g/mol. The maximum atomic E-state index is 8.72. The molecule has 0 saturated heterocycles. The van der Waals surface area contributed by atoms with Crippen LogP contribution in [0, 0.1) is 6.92 Å². The topological polar surface area (TPSA) is 20.2 Å². The molecule has 66 valence electrons. The van der Waals surface area contributed by atoms with E-state index in [1.165, 1.54) is 11.1 Å². The Hall–Kier alpha value is -0.530. The SMILES string of the molecule is Cc1ccc(CC(Cl)CO)cc1. The first kappa shape index (κ1) is 9.56. The number of aryl methyl sites for hydroxylation is 1. The van der Waals surface area contributed by atoms with Gasteiger partial charge in [0.1, 0.15) is 0 Å². The first-order chi connectivity index (χ1) is 5.72. The molecule has 1 rings (SSSR count). The highest BCUT2D eigenvalue weighted by Gasteiger charge is 2.02. The normalized spacial score (nSPS) is 12.9. The molecule has 2 heteroatoms. The van der Waals surface area contributed by atoms with Crippen LogP contribution in [-0.2, 0) is 6.42 Å². The Balaban J connectivity index is 2.58. The standard InChI is InChI=1S/C10H13ClO/c1-8-2-4-9(5-3-8)6-10(11)7-12/h2-5,10,12H,6-7H2,1H3. The van der Waals surface area contributed by atoms with Gasteiger partial charge in [-0.15, -0.1) is 11.6 Å². The van der Waals surface area contributed by atoms with Gasteiger partial charge in [-0.2, -0.15) is 0 Å². The van der Waals surface area contributed by atoms with E-state index in [2.05, 4.69) is 12.1 Å². The zero-order valence-corrected chi connectivity index (χ0v) is 7.88. The van der Waals surface area contributed by atoms with Crippen LogP contribution in [0.1, 0.15) is 11.1 Å². The van der Waals surface area contributed by atoms with Crippen molar-refractivity contribution in [1.29, 1.82) is 0 Å². The molecular formula is C10H13ClO. The van der Waals surface area contributed by atoms with Gasteiger partial charge in [-0.25, -0.2) is 0 Å². The first-order valence-electron chi connectivity index (χ1n) is 4.03. The van der Waals surface area contributed by atoms with Gasteiger partial charge in [0.25, 0.3) is 0 Å². The molecule has 0 heterocycles. The van der Waals surface area contributed by atoms with Crippen LogP contribution >= 0.6 is 11.6 Å². The summed E-state index contributed by atoms with van der Waals surface area (Å²) in [5.41, 5.74) is 2.42. The van der Waals surface area contributed by atoms with Crippen molar-refractivity contribution in [2.75, 3.05) is 6.61 Å². The molecule has 1 nitrogen and oxygen atoms in total. The molecule has 1 N–H and O–H groups in total. The zero-order valence-electron chi connectivity index (χ0n) is 7.13. The fraction of sp³-hybridized carbons (Fsp3) is 0.400. The van der Waals surface area contributed by atoms with Crippen molar-refractivity contribution in [3.05, 3.63) is 35.4 Å². The van der Waals surface area contributed by atoms with Crippen LogP contribution in [-0.4, -0.2) is 17.1 Å². The largest absolute Gasteiger partial charge is 0.395 e. The summed E-state index contributed by atoms with van der Waals surface area (Å²) in [4.78, 5) is 0. The first-order valence-corrected chi connectivity index (χ1v) is 4.46. The molecule has 0 aliphatic carbocycles. The molecule has 1 atom stereocenters. The molecule has 12 heavy (non-hydrogen) atoms. The van der Waals surface area contributed by atoms with E-state index in [9.17, 15) is 0 Å². The summed E-state index contributed by atoms with van der Waals surface area (Å²) >= 11 is 5.79. The van der Waals surface area contributed by atoms with Gasteiger partial charge < -0.3 is 5.11 Å². The molecule has 1 aromatic rings. The predicted molar refractivity (Wildman–Crippen MR) is 51.6 cm³/mol. The number of rotatable bonds is 3. The third-order valence-electron chi connectivity index (χ3n) is 1.78. The van der Waals surface area contributed by atoms with Gasteiger partial charge in [0.05, 0.1) is 12.0 Å². The van der Waals surface area contributed by atoms with Gasteiger partial charge >= 0.3 is 0 Å². The van der Waals surface area contributed by atoms with Crippen LogP contribution in [0.2, 0.25) is 0 Å². The minimum absolute atomic E-state index is 0.0371. The van der Waals surface area contributed by atoms with Crippen LogP contribution in [0.4, 0.5) is 0 Å². The van der Waals surface area contributed by atoms with Crippen molar-refractivity contribution in [1.82, 2.24) is 0 Å². The average Bonchev–Trinajstić information content (AvgIpc) is 2.09. The van der Waals surface area contributed by atoms with Crippen LogP contribution in [0.15, 0.2) is 24.3 Å². The van der Waals surface area contributed by atoms with Crippen molar-refractivity contribution in [3.8, 4) is 0 Å². The van der Waals surface area contributed by atoms with Gasteiger partial charge in [0, 0.05) is 0 Å². The van der Waals surface area contributed by atoms with Crippen molar-refractivity contribution in [3.63, 3.8) is 0 Å². The molecule has 0 amide bonds. The van der Waals surface area contributed by atoms with Gasteiger partial charge in [-0.05, 0) is 18.9 Å². The number of hydrogen-bond acceptors (Lipinski definition) is 1. The minimum atomic E-state index is -0.160. The van der Waals surface area contributed by atoms with Gasteiger partial charge in [0.15, 0.2) is 0 Å². The Bertz CT molecular complexity index is 230. The van der Waals surface area contributed by atoms with Crippen molar-refractivity contribution in [2.24, 2.45) is 0 Å². The fourth-order valence-corrected chi connectivity index (χ4v) is 1.22. The highest BCUT2D eigenvalue weighted by molar-refractivity contribution is 6.20. The Kier molecular flexibility index (Phi) is 3.57. The lowest BCUT2D eigenvalue weighted by molar-refractivity contribution is 0.292. The molecule has 0 fully saturated rings. The van der Waals surface area contributed by atoms with Crippen LogP contribution in [0.5, 0.6) is 0 Å². The Morgan fingerprint density at radius 2 is 1.92 bits per heavy atom. The monoisotopic (exact) mass is 184 g/mol. The lowest BCUT2D eigenvalue weighted by Crippen LogP contribution is -2.07. The third-order valence-corrected chi connectivity index (χ3v) is 2.07. The van der Waals surface area contributed by atoms with E-state index < -0.39 is 0 Å². The summed E-state index contributed by atoms with van der Waals surface area (Å²) in [5.74, 6) is 0. The molecule has 0 aliphatic heterocycles. The Labute approximate surface area is 78.0 Å². The van der Waals surface area contributed by atoms with Crippen molar-refractivity contribution >= 4 is 11.6 Å². The molecule has 1 unspecified atom stereocenters. The second kappa shape index (κ2) is 4.48. The van der Waals surface area contributed by atoms with E-state index in [-0.39, 0.29) is 12.0 Å². The number of aliphatic hydroxyl groups excluding tert-OH is 1. The van der Waals surface area contributed by atoms with Crippen molar-refractivity contribution < 1.29 is 5.11 Å². The summed E-state index contributed by atoms with van der Waals surface area (Å²) in [7, 11) is 0. The van der Waals surface area contributed by atoms with E-state index in [0.717, 1.165) is 6.42 Å². The van der Waals surface area contributed by atoms with Crippen LogP contribution < -0.4 is 0 Å². The molecule has 0 spiro atoms.